The Kier molecular flexibility index (Phi) is 3.57. The van der Waals surface area contributed by atoms with Crippen molar-refractivity contribution in [1.29, 1.82) is 0 Å². The molecule has 2 aliphatic rings. The third-order valence-electron chi connectivity index (χ3n) is 5.20. The molecule has 4 rings (SSSR count). The highest BCUT2D eigenvalue weighted by atomic mass is 16.2. The molecule has 1 unspecified atom stereocenters. The predicted molar refractivity (Wildman–Crippen MR) is 99.8 cm³/mol. The molecule has 0 spiro atoms. The van der Waals surface area contributed by atoms with Gasteiger partial charge in [-0.15, -0.1) is 0 Å². The average Bonchev–Trinajstić information content (AvgIpc) is 3.17. The van der Waals surface area contributed by atoms with Crippen LogP contribution < -0.4 is 10.6 Å². The number of carbonyl (C=O) groups is 2. The number of likely N-dealkylation sites (N-methyl/N-ethyl adjacent to an activating group) is 1. The SMILES string of the molecule is CC(=O)N1CCc2cc(C3(c4ccccc4)N=C(N)N(C)C3=O)ccc21. The van der Waals surface area contributed by atoms with Crippen LogP contribution in [0.15, 0.2) is 53.5 Å². The molecule has 2 aromatic carbocycles. The van der Waals surface area contributed by atoms with Crippen molar-refractivity contribution in [2.45, 2.75) is 18.9 Å². The van der Waals surface area contributed by atoms with E-state index in [0.29, 0.717) is 6.54 Å². The number of anilines is 1. The van der Waals surface area contributed by atoms with Gasteiger partial charge in [0, 0.05) is 26.2 Å². The summed E-state index contributed by atoms with van der Waals surface area (Å²) in [4.78, 5) is 32.7. The first kappa shape index (κ1) is 16.3. The molecule has 1 atom stereocenters. The Hall–Kier alpha value is -3.15. The van der Waals surface area contributed by atoms with Gasteiger partial charge in [0.1, 0.15) is 0 Å². The van der Waals surface area contributed by atoms with E-state index in [1.54, 1.807) is 18.9 Å². The van der Waals surface area contributed by atoms with Gasteiger partial charge in [0.2, 0.25) is 5.91 Å². The van der Waals surface area contributed by atoms with E-state index >= 15 is 0 Å². The summed E-state index contributed by atoms with van der Waals surface area (Å²) in [7, 11) is 1.64. The topological polar surface area (TPSA) is 79.0 Å². The highest BCUT2D eigenvalue weighted by Gasteiger charge is 2.49. The van der Waals surface area contributed by atoms with Crippen molar-refractivity contribution in [1.82, 2.24) is 4.90 Å². The highest BCUT2D eigenvalue weighted by molar-refractivity contribution is 6.09. The number of nitrogens with two attached hydrogens (primary N) is 1. The molecular weight excluding hydrogens is 328 g/mol. The second-order valence-electron chi connectivity index (χ2n) is 6.67. The smallest absolute Gasteiger partial charge is 0.266 e. The molecule has 6 heteroatoms. The molecule has 26 heavy (non-hydrogen) atoms. The monoisotopic (exact) mass is 348 g/mol. The largest absolute Gasteiger partial charge is 0.369 e. The number of rotatable bonds is 2. The minimum Gasteiger partial charge on any atom is -0.369 e. The maximum absolute atomic E-state index is 13.2. The van der Waals surface area contributed by atoms with E-state index in [1.165, 1.54) is 4.90 Å². The van der Waals surface area contributed by atoms with Gasteiger partial charge in [-0.1, -0.05) is 42.5 Å². The summed E-state index contributed by atoms with van der Waals surface area (Å²) >= 11 is 0. The van der Waals surface area contributed by atoms with Crippen molar-refractivity contribution in [3.8, 4) is 0 Å². The summed E-state index contributed by atoms with van der Waals surface area (Å²) in [6, 6.07) is 15.2. The quantitative estimate of drug-likeness (QED) is 0.896. The van der Waals surface area contributed by atoms with Crippen LogP contribution in [0.4, 0.5) is 5.69 Å². The first-order chi connectivity index (χ1) is 12.4. The number of aliphatic imine (C=N–C) groups is 1. The molecule has 2 heterocycles. The van der Waals surface area contributed by atoms with Crippen LogP contribution in [0.1, 0.15) is 23.6 Å². The van der Waals surface area contributed by atoms with Crippen LogP contribution in [-0.4, -0.2) is 36.3 Å². The molecule has 0 saturated carbocycles. The van der Waals surface area contributed by atoms with Gasteiger partial charge in [-0.3, -0.25) is 14.5 Å². The lowest BCUT2D eigenvalue weighted by Gasteiger charge is -2.27. The van der Waals surface area contributed by atoms with Gasteiger partial charge in [-0.05, 0) is 29.2 Å². The normalized spacial score (nSPS) is 21.8. The fourth-order valence-electron chi connectivity index (χ4n) is 3.82. The van der Waals surface area contributed by atoms with Gasteiger partial charge >= 0.3 is 0 Å². The first-order valence-corrected chi connectivity index (χ1v) is 8.55. The number of hydrogen-bond donors (Lipinski definition) is 1. The standard InChI is InChI=1S/C20H20N4O2/c1-13(25)24-11-10-14-12-16(8-9-17(14)24)20(15-6-4-3-5-7-15)18(26)23(2)19(21)22-20/h3-9,12H,10-11H2,1-2H3,(H2,21,22). The fraction of sp³-hybridized carbons (Fsp3) is 0.250. The van der Waals surface area contributed by atoms with E-state index in [0.717, 1.165) is 28.8 Å². The van der Waals surface area contributed by atoms with Crippen molar-refractivity contribution in [2.24, 2.45) is 10.7 Å². The molecule has 0 bridgehead atoms. The van der Waals surface area contributed by atoms with Gasteiger partial charge in [-0.25, -0.2) is 4.99 Å². The fourth-order valence-corrected chi connectivity index (χ4v) is 3.82. The van der Waals surface area contributed by atoms with Gasteiger partial charge in [-0.2, -0.15) is 0 Å². The molecule has 132 valence electrons. The van der Waals surface area contributed by atoms with E-state index in [9.17, 15) is 9.59 Å². The molecule has 2 aliphatic heterocycles. The molecule has 6 nitrogen and oxygen atoms in total. The lowest BCUT2D eigenvalue weighted by molar-refractivity contribution is -0.129. The first-order valence-electron chi connectivity index (χ1n) is 8.55. The van der Waals surface area contributed by atoms with Crippen LogP contribution in [0.25, 0.3) is 0 Å². The van der Waals surface area contributed by atoms with Crippen molar-refractivity contribution in [3.63, 3.8) is 0 Å². The number of benzene rings is 2. The number of guanidine groups is 1. The Labute approximate surface area is 151 Å². The van der Waals surface area contributed by atoms with E-state index in [4.69, 9.17) is 5.73 Å². The van der Waals surface area contributed by atoms with E-state index in [2.05, 4.69) is 4.99 Å². The number of carbonyl (C=O) groups excluding carboxylic acids is 2. The predicted octanol–water partition coefficient (Wildman–Crippen LogP) is 1.63. The van der Waals surface area contributed by atoms with Gasteiger partial charge in [0.25, 0.3) is 5.91 Å². The van der Waals surface area contributed by atoms with E-state index in [-0.39, 0.29) is 17.8 Å². The third kappa shape index (κ3) is 2.15. The van der Waals surface area contributed by atoms with Crippen molar-refractivity contribution >= 4 is 23.5 Å². The van der Waals surface area contributed by atoms with Crippen LogP contribution >= 0.6 is 0 Å². The van der Waals surface area contributed by atoms with Crippen molar-refractivity contribution in [3.05, 3.63) is 65.2 Å². The van der Waals surface area contributed by atoms with Crippen LogP contribution in [0.2, 0.25) is 0 Å². The Morgan fingerprint density at radius 2 is 1.88 bits per heavy atom. The Morgan fingerprint density at radius 3 is 2.50 bits per heavy atom. The third-order valence-corrected chi connectivity index (χ3v) is 5.20. The van der Waals surface area contributed by atoms with Crippen LogP contribution in [0.3, 0.4) is 0 Å². The average molecular weight is 348 g/mol. The number of nitrogens with zero attached hydrogens (tertiary/aromatic N) is 3. The van der Waals surface area contributed by atoms with Gasteiger partial charge in [0.05, 0.1) is 0 Å². The molecule has 0 saturated heterocycles. The Bertz CT molecular complexity index is 938. The molecule has 0 fully saturated rings. The molecular formula is C20H20N4O2. The summed E-state index contributed by atoms with van der Waals surface area (Å²) in [6.07, 6.45) is 0.761. The molecule has 2 aromatic rings. The maximum Gasteiger partial charge on any atom is 0.266 e. The minimum absolute atomic E-state index is 0.0215. The number of fused-ring (bicyclic) bond motifs is 1. The molecule has 0 aromatic heterocycles. The summed E-state index contributed by atoms with van der Waals surface area (Å²) < 4.78 is 0. The zero-order valence-corrected chi connectivity index (χ0v) is 14.8. The number of hydrogen-bond acceptors (Lipinski definition) is 4. The van der Waals surface area contributed by atoms with Crippen LogP contribution in [-0.2, 0) is 21.5 Å². The van der Waals surface area contributed by atoms with Crippen molar-refractivity contribution < 1.29 is 9.59 Å². The summed E-state index contributed by atoms with van der Waals surface area (Å²) in [6.45, 7) is 2.22. The Morgan fingerprint density at radius 1 is 1.15 bits per heavy atom. The lowest BCUT2D eigenvalue weighted by atomic mass is 9.82. The van der Waals surface area contributed by atoms with Crippen LogP contribution in [0.5, 0.6) is 0 Å². The zero-order chi connectivity index (χ0) is 18.5. The minimum atomic E-state index is -1.18. The molecule has 2 amide bonds. The summed E-state index contributed by atoms with van der Waals surface area (Å²) in [5, 5.41) is 0. The molecule has 0 aliphatic carbocycles. The van der Waals surface area contributed by atoms with E-state index in [1.807, 2.05) is 48.5 Å². The zero-order valence-electron chi connectivity index (χ0n) is 14.8. The van der Waals surface area contributed by atoms with Crippen LogP contribution in [0, 0.1) is 0 Å². The van der Waals surface area contributed by atoms with Gasteiger partial charge < -0.3 is 10.6 Å². The van der Waals surface area contributed by atoms with E-state index < -0.39 is 5.54 Å². The highest BCUT2D eigenvalue weighted by Crippen LogP contribution is 2.41. The number of amides is 2. The lowest BCUT2D eigenvalue weighted by Crippen LogP contribution is -2.41. The molecule has 0 radical (unpaired) electrons. The van der Waals surface area contributed by atoms with Crippen molar-refractivity contribution in [2.75, 3.05) is 18.5 Å². The second-order valence-corrected chi connectivity index (χ2v) is 6.67. The maximum atomic E-state index is 13.2. The van der Waals surface area contributed by atoms with Gasteiger partial charge in [0.15, 0.2) is 11.5 Å². The summed E-state index contributed by atoms with van der Waals surface area (Å²) in [5.74, 6) is 0.0421. The second kappa shape index (κ2) is 5.69. The summed E-state index contributed by atoms with van der Waals surface area (Å²) in [5.41, 5.74) is 8.31. The Balaban J connectivity index is 1.90. The molecule has 2 N–H and O–H groups in total.